The Labute approximate surface area is 114 Å². The highest BCUT2D eigenvalue weighted by Gasteiger charge is 2.76. The van der Waals surface area contributed by atoms with E-state index >= 15 is 0 Å². The quantitative estimate of drug-likeness (QED) is 0.811. The lowest BCUT2D eigenvalue weighted by Gasteiger charge is -2.61. The molecular weight excluding hydrogens is 234 g/mol. The van der Waals surface area contributed by atoms with E-state index in [1.54, 1.807) is 5.06 Å². The second-order valence-corrected chi connectivity index (χ2v) is 7.55. The highest BCUT2D eigenvalue weighted by Crippen LogP contribution is 2.78. The summed E-state index contributed by atoms with van der Waals surface area (Å²) in [6.45, 7) is 0. The summed E-state index contributed by atoms with van der Waals surface area (Å²) in [5.74, 6) is 2.75. The van der Waals surface area contributed by atoms with E-state index in [1.165, 1.54) is 38.5 Å². The molecule has 0 aliphatic heterocycles. The Balaban J connectivity index is 1.59. The van der Waals surface area contributed by atoms with E-state index in [0.29, 0.717) is 5.41 Å². The Hall–Kier alpha value is -1.02. The molecule has 4 aliphatic rings. The van der Waals surface area contributed by atoms with Crippen LogP contribution in [0.25, 0.3) is 0 Å². The summed E-state index contributed by atoms with van der Waals surface area (Å²) in [5, 5.41) is 12.6. The van der Waals surface area contributed by atoms with Gasteiger partial charge in [-0.1, -0.05) is 18.2 Å². The van der Waals surface area contributed by atoms with Crippen molar-refractivity contribution in [3.05, 3.63) is 30.3 Å². The summed E-state index contributed by atoms with van der Waals surface area (Å²) < 4.78 is 0. The largest absolute Gasteiger partial charge is 0.288 e. The molecule has 0 aromatic heterocycles. The molecule has 0 radical (unpaired) electrons. The highest BCUT2D eigenvalue weighted by molar-refractivity contribution is 5.50. The van der Waals surface area contributed by atoms with Gasteiger partial charge in [0.1, 0.15) is 0 Å². The smallest absolute Gasteiger partial charge is 0.0736 e. The number of rotatable bonds is 2. The van der Waals surface area contributed by atoms with Crippen LogP contribution in [0.15, 0.2) is 30.3 Å². The summed E-state index contributed by atoms with van der Waals surface area (Å²) in [6.07, 6.45) is 8.11. The average Bonchev–Trinajstić information content (AvgIpc) is 2.75. The van der Waals surface area contributed by atoms with Crippen LogP contribution in [0.4, 0.5) is 5.69 Å². The van der Waals surface area contributed by atoms with E-state index < -0.39 is 0 Å². The number of hydrogen-bond donors (Lipinski definition) is 1. The summed E-state index contributed by atoms with van der Waals surface area (Å²) in [6, 6.07) is 10.2. The minimum atomic E-state index is 0.0783. The van der Waals surface area contributed by atoms with Gasteiger partial charge in [-0.05, 0) is 73.8 Å². The second-order valence-electron chi connectivity index (χ2n) is 7.55. The lowest BCUT2D eigenvalue weighted by molar-refractivity contribution is -0.0782. The molecule has 0 saturated heterocycles. The first kappa shape index (κ1) is 10.7. The van der Waals surface area contributed by atoms with Crippen LogP contribution in [0.1, 0.15) is 38.5 Å². The molecule has 1 aromatic carbocycles. The molecule has 0 heterocycles. The van der Waals surface area contributed by atoms with Crippen molar-refractivity contribution in [3.63, 3.8) is 0 Å². The molecular formula is C17H21NO. The van der Waals surface area contributed by atoms with Crippen LogP contribution in [0.3, 0.4) is 0 Å². The summed E-state index contributed by atoms with van der Waals surface area (Å²) in [7, 11) is 0. The molecule has 1 aromatic rings. The minimum Gasteiger partial charge on any atom is -0.288 e. The lowest BCUT2D eigenvalue weighted by atomic mass is 9.50. The molecule has 1 N–H and O–H groups in total. The van der Waals surface area contributed by atoms with Gasteiger partial charge >= 0.3 is 0 Å². The maximum absolute atomic E-state index is 10.9. The molecule has 1 spiro atoms. The second kappa shape index (κ2) is 3.17. The van der Waals surface area contributed by atoms with Gasteiger partial charge in [0.25, 0.3) is 0 Å². The lowest BCUT2D eigenvalue weighted by Crippen LogP contribution is -2.66. The van der Waals surface area contributed by atoms with Crippen molar-refractivity contribution in [2.45, 2.75) is 44.1 Å². The number of nitrogens with zero attached hydrogens (tertiary/aromatic N) is 1. The zero-order chi connectivity index (χ0) is 12.7. The molecule has 19 heavy (non-hydrogen) atoms. The number of para-hydroxylation sites is 1. The van der Waals surface area contributed by atoms with Crippen LogP contribution < -0.4 is 5.06 Å². The Morgan fingerprint density at radius 2 is 1.74 bits per heavy atom. The molecule has 2 nitrogen and oxygen atoms in total. The molecule has 5 rings (SSSR count). The number of benzene rings is 1. The van der Waals surface area contributed by atoms with Crippen LogP contribution in [0.5, 0.6) is 0 Å². The fourth-order valence-corrected chi connectivity index (χ4v) is 6.53. The van der Waals surface area contributed by atoms with Crippen LogP contribution >= 0.6 is 0 Å². The number of fused-ring (bicyclic) bond motifs is 2. The highest BCUT2D eigenvalue weighted by atomic mass is 16.5. The predicted octanol–water partition coefficient (Wildman–Crippen LogP) is 3.85. The third kappa shape index (κ3) is 1.06. The SMILES string of the molecule is ON(c1ccccc1)[C@@]12C[C@@H]3C[C@H]4C[C@H](C1)C2(C3)C4. The van der Waals surface area contributed by atoms with Crippen LogP contribution in [0, 0.1) is 23.2 Å². The molecule has 5 atom stereocenters. The molecule has 1 unspecified atom stereocenters. The number of anilines is 1. The monoisotopic (exact) mass is 255 g/mol. The molecule has 100 valence electrons. The zero-order valence-electron chi connectivity index (χ0n) is 11.3. The van der Waals surface area contributed by atoms with Gasteiger partial charge in [0.05, 0.1) is 11.2 Å². The topological polar surface area (TPSA) is 23.5 Å². The fraction of sp³-hybridized carbons (Fsp3) is 0.647. The van der Waals surface area contributed by atoms with Crippen molar-refractivity contribution in [2.75, 3.05) is 5.06 Å². The van der Waals surface area contributed by atoms with Crippen molar-refractivity contribution in [1.29, 1.82) is 0 Å². The Kier molecular flexibility index (Phi) is 1.79. The van der Waals surface area contributed by atoms with Gasteiger partial charge in [-0.25, -0.2) is 0 Å². The predicted molar refractivity (Wildman–Crippen MR) is 74.0 cm³/mol. The van der Waals surface area contributed by atoms with E-state index in [1.807, 2.05) is 30.3 Å². The van der Waals surface area contributed by atoms with Crippen molar-refractivity contribution >= 4 is 5.69 Å². The minimum absolute atomic E-state index is 0.0783. The van der Waals surface area contributed by atoms with Gasteiger partial charge in [0.15, 0.2) is 0 Å². The summed E-state index contributed by atoms with van der Waals surface area (Å²) in [5.41, 5.74) is 1.53. The van der Waals surface area contributed by atoms with Crippen molar-refractivity contribution < 1.29 is 5.21 Å². The van der Waals surface area contributed by atoms with E-state index in [9.17, 15) is 5.21 Å². The molecule has 4 fully saturated rings. The zero-order valence-corrected chi connectivity index (χ0v) is 11.3. The van der Waals surface area contributed by atoms with E-state index in [4.69, 9.17) is 0 Å². The van der Waals surface area contributed by atoms with E-state index in [2.05, 4.69) is 0 Å². The Morgan fingerprint density at radius 3 is 2.58 bits per heavy atom. The summed E-state index contributed by atoms with van der Waals surface area (Å²) >= 11 is 0. The van der Waals surface area contributed by atoms with Gasteiger partial charge in [-0.15, -0.1) is 0 Å². The van der Waals surface area contributed by atoms with Crippen LogP contribution in [0.2, 0.25) is 0 Å². The number of hydroxylamine groups is 1. The first-order chi connectivity index (χ1) is 9.23. The van der Waals surface area contributed by atoms with Crippen molar-refractivity contribution in [2.24, 2.45) is 23.2 Å². The Bertz CT molecular complexity index is 523. The molecule has 4 aliphatic carbocycles. The van der Waals surface area contributed by atoms with Gasteiger partial charge in [0.2, 0.25) is 0 Å². The first-order valence-corrected chi connectivity index (χ1v) is 7.78. The van der Waals surface area contributed by atoms with Gasteiger partial charge in [-0.3, -0.25) is 10.3 Å². The van der Waals surface area contributed by atoms with Gasteiger partial charge in [0, 0.05) is 0 Å². The normalized spacial score (nSPS) is 49.0. The standard InChI is InChI=1S/C17H21NO/c19-18(15-4-2-1-3-5-15)17-10-13-6-12-7-14(11-17)16(17,8-12)9-13/h1-5,12-14,19H,6-11H2/t12-,13+,14+,16?,17-/m0/s1. The summed E-state index contributed by atoms with van der Waals surface area (Å²) in [4.78, 5) is 0. The third-order valence-electron chi connectivity index (χ3n) is 6.92. The van der Waals surface area contributed by atoms with Crippen LogP contribution in [-0.4, -0.2) is 10.7 Å². The third-order valence-corrected chi connectivity index (χ3v) is 6.92. The van der Waals surface area contributed by atoms with Crippen LogP contribution in [-0.2, 0) is 0 Å². The van der Waals surface area contributed by atoms with E-state index in [0.717, 1.165) is 23.4 Å². The molecule has 2 heteroatoms. The average molecular weight is 255 g/mol. The first-order valence-electron chi connectivity index (χ1n) is 7.78. The van der Waals surface area contributed by atoms with Gasteiger partial charge in [-0.2, -0.15) is 0 Å². The molecule has 0 amide bonds. The maximum atomic E-state index is 10.9. The molecule has 3 bridgehead atoms. The Morgan fingerprint density at radius 1 is 0.947 bits per heavy atom. The fourth-order valence-electron chi connectivity index (χ4n) is 6.53. The van der Waals surface area contributed by atoms with E-state index in [-0.39, 0.29) is 5.54 Å². The maximum Gasteiger partial charge on any atom is 0.0736 e. The molecule has 4 saturated carbocycles. The number of hydrogen-bond acceptors (Lipinski definition) is 2. The van der Waals surface area contributed by atoms with Crippen molar-refractivity contribution in [3.8, 4) is 0 Å². The van der Waals surface area contributed by atoms with Gasteiger partial charge < -0.3 is 0 Å². The van der Waals surface area contributed by atoms with Crippen molar-refractivity contribution in [1.82, 2.24) is 0 Å².